The van der Waals surface area contributed by atoms with Crippen LogP contribution in [0.1, 0.15) is 111 Å². The highest BCUT2D eigenvalue weighted by molar-refractivity contribution is 7.26. The van der Waals surface area contributed by atoms with E-state index in [-0.39, 0.29) is 28.4 Å². The van der Waals surface area contributed by atoms with Crippen LogP contribution in [0.3, 0.4) is 0 Å². The van der Waals surface area contributed by atoms with Gasteiger partial charge in [0, 0.05) is 55.2 Å². The minimum absolute atomic E-state index is 0.0110. The Bertz CT molecular complexity index is 3730. The zero-order chi connectivity index (χ0) is 50.4. The smallest absolute Gasteiger partial charge is 0.252 e. The van der Waals surface area contributed by atoms with Gasteiger partial charge in [0.25, 0.3) is 6.71 Å². The Labute approximate surface area is 431 Å². The van der Waals surface area contributed by atoms with Gasteiger partial charge >= 0.3 is 0 Å². The quantitative estimate of drug-likeness (QED) is 0.159. The fourth-order valence-corrected chi connectivity index (χ4v) is 12.8. The predicted molar refractivity (Wildman–Crippen MR) is 315 cm³/mol. The molecule has 0 fully saturated rings. The van der Waals surface area contributed by atoms with Crippen molar-refractivity contribution < 1.29 is 0 Å². The zero-order valence-electron chi connectivity index (χ0n) is 44.4. The van der Waals surface area contributed by atoms with Crippen LogP contribution in [-0.4, -0.2) is 11.3 Å². The van der Waals surface area contributed by atoms with E-state index in [2.05, 4.69) is 268 Å². The standard InChI is InChI=1S/C67H66BN3S/c1-41-35-57-60-58(36-41)71-61-52(63-62(71)50-21-17-18-22-59(50)72-63)38-46(67(11,12)13)39-54(61)68(60)53-33-32-49(40-56(53)70(57)55-34-27-45(66(8,9)10)37-51(55)42-19-15-14-16-20-42)69(47-28-23-43(24-29-47)64(2,3)4)48-30-25-44(26-31-48)65(5,6)7/h14-40H,1-13H3. The first-order valence-corrected chi connectivity index (χ1v) is 26.8. The first-order valence-electron chi connectivity index (χ1n) is 26.0. The normalized spacial score (nSPS) is 13.6. The van der Waals surface area contributed by atoms with Crippen molar-refractivity contribution in [2.75, 3.05) is 9.80 Å². The first-order chi connectivity index (χ1) is 34.1. The van der Waals surface area contributed by atoms with Crippen molar-refractivity contribution in [2.45, 2.75) is 112 Å². The van der Waals surface area contributed by atoms with Crippen LogP contribution in [0.4, 0.5) is 34.1 Å². The molecule has 72 heavy (non-hydrogen) atoms. The highest BCUT2D eigenvalue weighted by atomic mass is 32.1. The summed E-state index contributed by atoms with van der Waals surface area (Å²) < 4.78 is 5.36. The van der Waals surface area contributed by atoms with Crippen LogP contribution in [0.2, 0.25) is 0 Å². The third-order valence-electron chi connectivity index (χ3n) is 15.6. The van der Waals surface area contributed by atoms with E-state index in [9.17, 15) is 0 Å². The average molecular weight is 956 g/mol. The van der Waals surface area contributed by atoms with Crippen molar-refractivity contribution in [3.8, 4) is 16.8 Å². The van der Waals surface area contributed by atoms with Gasteiger partial charge in [0.15, 0.2) is 0 Å². The van der Waals surface area contributed by atoms with Gasteiger partial charge in [0.2, 0.25) is 0 Å². The molecule has 2 aromatic heterocycles. The molecule has 0 N–H and O–H groups in total. The van der Waals surface area contributed by atoms with Crippen LogP contribution in [-0.2, 0) is 21.7 Å². The summed E-state index contributed by atoms with van der Waals surface area (Å²) in [6.45, 7) is 30.2. The maximum Gasteiger partial charge on any atom is 0.252 e. The molecular formula is C67H66BN3S. The molecule has 3 nitrogen and oxygen atoms in total. The molecule has 0 unspecified atom stereocenters. The largest absolute Gasteiger partial charge is 0.311 e. The maximum absolute atomic E-state index is 2.66. The molecule has 2 aliphatic heterocycles. The molecule has 2 aliphatic rings. The minimum Gasteiger partial charge on any atom is -0.311 e. The Morgan fingerprint density at radius 3 is 1.62 bits per heavy atom. The second kappa shape index (κ2) is 16.1. The Balaban J connectivity index is 1.20. The Hall–Kier alpha value is -6.82. The van der Waals surface area contributed by atoms with Gasteiger partial charge < -0.3 is 14.4 Å². The molecule has 0 amide bonds. The number of anilines is 6. The van der Waals surface area contributed by atoms with E-state index in [0.29, 0.717) is 0 Å². The van der Waals surface area contributed by atoms with E-state index in [1.165, 1.54) is 109 Å². The molecule has 12 rings (SSSR count). The fourth-order valence-electron chi connectivity index (χ4n) is 11.6. The lowest BCUT2D eigenvalue weighted by Gasteiger charge is -2.42. The molecular weight excluding hydrogens is 890 g/mol. The van der Waals surface area contributed by atoms with Crippen LogP contribution in [0.25, 0.3) is 48.0 Å². The summed E-state index contributed by atoms with van der Waals surface area (Å²) in [4.78, 5) is 5.11. The molecule has 5 heteroatoms. The summed E-state index contributed by atoms with van der Waals surface area (Å²) in [7, 11) is 0. The number of aromatic nitrogens is 1. The van der Waals surface area contributed by atoms with Crippen molar-refractivity contribution in [1.82, 2.24) is 4.57 Å². The van der Waals surface area contributed by atoms with E-state index in [0.717, 1.165) is 17.1 Å². The summed E-state index contributed by atoms with van der Waals surface area (Å²) in [6, 6.07) is 63.3. The molecule has 0 saturated heterocycles. The zero-order valence-corrected chi connectivity index (χ0v) is 45.2. The number of thiophene rings is 1. The van der Waals surface area contributed by atoms with E-state index in [1.807, 2.05) is 11.3 Å². The molecule has 0 aliphatic carbocycles. The van der Waals surface area contributed by atoms with Crippen molar-refractivity contribution >= 4 is 99.8 Å². The minimum atomic E-state index is -0.0649. The van der Waals surface area contributed by atoms with Crippen LogP contribution in [0.15, 0.2) is 164 Å². The van der Waals surface area contributed by atoms with Gasteiger partial charge in [-0.25, -0.2) is 0 Å². The molecule has 8 aromatic carbocycles. The highest BCUT2D eigenvalue weighted by Crippen LogP contribution is 2.50. The fraction of sp³-hybridized carbons (Fsp3) is 0.254. The number of hydrogen-bond donors (Lipinski definition) is 0. The third-order valence-corrected chi connectivity index (χ3v) is 16.8. The van der Waals surface area contributed by atoms with Gasteiger partial charge in [-0.3, -0.25) is 0 Å². The summed E-state index contributed by atoms with van der Waals surface area (Å²) in [6.07, 6.45) is 0. The van der Waals surface area contributed by atoms with Gasteiger partial charge in [-0.05, 0) is 151 Å². The Kier molecular flexibility index (Phi) is 10.3. The van der Waals surface area contributed by atoms with Crippen molar-refractivity contribution in [2.24, 2.45) is 0 Å². The molecule has 0 spiro atoms. The van der Waals surface area contributed by atoms with Crippen LogP contribution >= 0.6 is 11.3 Å². The second-order valence-electron chi connectivity index (χ2n) is 24.8. The summed E-state index contributed by atoms with van der Waals surface area (Å²) in [5, 5.41) is 2.68. The molecule has 10 aromatic rings. The lowest BCUT2D eigenvalue weighted by molar-refractivity contribution is 0.590. The number of benzene rings is 8. The SMILES string of the molecule is Cc1cc2c3c(c1)-n1c4c(cc(C(C)(C)C)cc4c4sc5ccccc5c41)B3c1ccc(N(c3ccc(C(C)(C)C)cc3)c3ccc(C(C)(C)C)cc3)cc1N2c1ccc(C(C)(C)C)cc1-c1ccccc1. The van der Waals surface area contributed by atoms with Crippen LogP contribution in [0.5, 0.6) is 0 Å². The third kappa shape index (κ3) is 7.36. The second-order valence-corrected chi connectivity index (χ2v) is 25.9. The molecule has 0 radical (unpaired) electrons. The van der Waals surface area contributed by atoms with Gasteiger partial charge in [-0.2, -0.15) is 0 Å². The van der Waals surface area contributed by atoms with Crippen molar-refractivity contribution in [3.05, 3.63) is 192 Å². The monoisotopic (exact) mass is 956 g/mol. The van der Waals surface area contributed by atoms with E-state index >= 15 is 0 Å². The number of nitrogens with zero attached hydrogens (tertiary/aromatic N) is 3. The average Bonchev–Trinajstić information content (AvgIpc) is 3.87. The Morgan fingerprint density at radius 1 is 0.431 bits per heavy atom. The predicted octanol–water partition coefficient (Wildman–Crippen LogP) is 17.2. The van der Waals surface area contributed by atoms with Gasteiger partial charge in [-0.1, -0.05) is 174 Å². The van der Waals surface area contributed by atoms with E-state index in [1.54, 1.807) is 0 Å². The van der Waals surface area contributed by atoms with E-state index < -0.39 is 0 Å². The number of hydrogen-bond acceptors (Lipinski definition) is 3. The molecule has 358 valence electrons. The van der Waals surface area contributed by atoms with Crippen molar-refractivity contribution in [1.29, 1.82) is 0 Å². The molecule has 0 bridgehead atoms. The molecule has 0 atom stereocenters. The summed E-state index contributed by atoms with van der Waals surface area (Å²) in [5.41, 5.74) is 23.9. The van der Waals surface area contributed by atoms with Gasteiger partial charge in [0.1, 0.15) is 0 Å². The van der Waals surface area contributed by atoms with Gasteiger partial charge in [0.05, 0.1) is 21.4 Å². The lowest BCUT2D eigenvalue weighted by Crippen LogP contribution is -2.60. The first kappa shape index (κ1) is 46.3. The Morgan fingerprint density at radius 2 is 1.00 bits per heavy atom. The summed E-state index contributed by atoms with van der Waals surface area (Å²) in [5.74, 6) is 0. The molecule has 0 saturated carbocycles. The summed E-state index contributed by atoms with van der Waals surface area (Å²) >= 11 is 1.94. The number of aryl methyl sites for hydroxylation is 1. The van der Waals surface area contributed by atoms with Crippen LogP contribution < -0.4 is 26.2 Å². The number of fused-ring (bicyclic) bond motifs is 9. The lowest BCUT2D eigenvalue weighted by atomic mass is 9.33. The highest BCUT2D eigenvalue weighted by Gasteiger charge is 2.44. The molecule has 4 heterocycles. The van der Waals surface area contributed by atoms with E-state index in [4.69, 9.17) is 0 Å². The topological polar surface area (TPSA) is 11.4 Å². The van der Waals surface area contributed by atoms with Crippen LogP contribution in [0, 0.1) is 6.92 Å². The number of rotatable bonds is 5. The van der Waals surface area contributed by atoms with Crippen molar-refractivity contribution in [3.63, 3.8) is 0 Å². The van der Waals surface area contributed by atoms with Gasteiger partial charge in [-0.15, -0.1) is 11.3 Å². The maximum atomic E-state index is 2.66.